The molecule has 0 atom stereocenters. The van der Waals surface area contributed by atoms with Gasteiger partial charge in [0.2, 0.25) is 0 Å². The second-order valence-corrected chi connectivity index (χ2v) is 14.7. The van der Waals surface area contributed by atoms with Crippen LogP contribution in [0.25, 0.3) is 109 Å². The normalized spacial score (nSPS) is 12.3. The minimum atomic E-state index is 1.22. The third kappa shape index (κ3) is 3.65. The SMILES string of the molecule is c1ccc2c(c1)-c1ccccc1-n1c3ccc(-c4ccc5c(c4)c4ccccc4n5-c4cccc5c4sc4ccccc45)cc3c3cccc-2c31. The first-order valence-electron chi connectivity index (χ1n) is 17.5. The van der Waals surface area contributed by atoms with Crippen LogP contribution in [0.1, 0.15) is 0 Å². The largest absolute Gasteiger partial charge is 0.308 e. The molecule has 0 amide bonds. The Morgan fingerprint density at radius 2 is 0.882 bits per heavy atom. The molecule has 51 heavy (non-hydrogen) atoms. The zero-order chi connectivity index (χ0) is 33.2. The minimum absolute atomic E-state index is 1.22. The van der Waals surface area contributed by atoms with Crippen molar-refractivity contribution in [3.05, 3.63) is 170 Å². The van der Waals surface area contributed by atoms with Gasteiger partial charge in [0.15, 0.2) is 0 Å². The summed E-state index contributed by atoms with van der Waals surface area (Å²) in [6.07, 6.45) is 0. The van der Waals surface area contributed by atoms with Crippen molar-refractivity contribution < 1.29 is 0 Å². The molecule has 0 unspecified atom stereocenters. The van der Waals surface area contributed by atoms with E-state index >= 15 is 0 Å². The van der Waals surface area contributed by atoms with Crippen molar-refractivity contribution in [1.82, 2.24) is 9.13 Å². The Balaban J connectivity index is 1.09. The molecule has 236 valence electrons. The Morgan fingerprint density at radius 1 is 0.333 bits per heavy atom. The molecule has 1 aliphatic rings. The van der Waals surface area contributed by atoms with Crippen molar-refractivity contribution in [2.75, 3.05) is 0 Å². The molecular formula is C48H28N2S. The first kappa shape index (κ1) is 27.4. The minimum Gasteiger partial charge on any atom is -0.308 e. The van der Waals surface area contributed by atoms with Crippen LogP contribution in [0.3, 0.4) is 0 Å². The summed E-state index contributed by atoms with van der Waals surface area (Å²) < 4.78 is 7.61. The maximum absolute atomic E-state index is 2.49. The molecule has 8 aromatic carbocycles. The molecule has 1 aliphatic heterocycles. The summed E-state index contributed by atoms with van der Waals surface area (Å²) >= 11 is 1.89. The monoisotopic (exact) mass is 664 g/mol. The van der Waals surface area contributed by atoms with E-state index in [1.807, 2.05) is 11.3 Å². The van der Waals surface area contributed by atoms with E-state index in [9.17, 15) is 0 Å². The lowest BCUT2D eigenvalue weighted by molar-refractivity contribution is 1.19. The van der Waals surface area contributed by atoms with Gasteiger partial charge in [-0.3, -0.25) is 0 Å². The van der Waals surface area contributed by atoms with Crippen molar-refractivity contribution in [1.29, 1.82) is 0 Å². The maximum Gasteiger partial charge on any atom is 0.0640 e. The highest BCUT2D eigenvalue weighted by molar-refractivity contribution is 7.26. The Hall–Kier alpha value is -6.42. The van der Waals surface area contributed by atoms with Crippen LogP contribution in [-0.4, -0.2) is 9.13 Å². The second-order valence-electron chi connectivity index (χ2n) is 13.7. The van der Waals surface area contributed by atoms with Crippen LogP contribution < -0.4 is 0 Å². The summed E-state index contributed by atoms with van der Waals surface area (Å²) in [4.78, 5) is 0. The third-order valence-corrected chi connectivity index (χ3v) is 12.3. The highest BCUT2D eigenvalue weighted by Gasteiger charge is 2.24. The molecule has 2 nitrogen and oxygen atoms in total. The molecule has 0 N–H and O–H groups in total. The van der Waals surface area contributed by atoms with Gasteiger partial charge in [-0.05, 0) is 70.8 Å². The predicted octanol–water partition coefficient (Wildman–Crippen LogP) is 13.6. The van der Waals surface area contributed by atoms with Crippen LogP contribution >= 0.6 is 11.3 Å². The Labute approximate surface area is 297 Å². The van der Waals surface area contributed by atoms with Crippen molar-refractivity contribution in [2.24, 2.45) is 0 Å². The average Bonchev–Trinajstić information content (AvgIpc) is 3.82. The Bertz CT molecular complexity index is 3260. The summed E-state index contributed by atoms with van der Waals surface area (Å²) in [5, 5.41) is 7.74. The van der Waals surface area contributed by atoms with Gasteiger partial charge in [-0.25, -0.2) is 0 Å². The third-order valence-electron chi connectivity index (χ3n) is 11.1. The summed E-state index contributed by atoms with van der Waals surface area (Å²) in [6, 6.07) is 62.9. The van der Waals surface area contributed by atoms with E-state index in [1.54, 1.807) is 0 Å². The number of rotatable bonds is 2. The van der Waals surface area contributed by atoms with Gasteiger partial charge in [0, 0.05) is 48.1 Å². The summed E-state index contributed by atoms with van der Waals surface area (Å²) in [5.41, 5.74) is 15.0. The van der Waals surface area contributed by atoms with Crippen LogP contribution in [0, 0.1) is 0 Å². The topological polar surface area (TPSA) is 9.86 Å². The standard InChI is InChI=1S/C48H28N2S/c1-2-12-32-31(11-1)33-13-3-7-20-42(33)50-44-26-24-30(28-40(44)37-17-9-16-36(32)47(37)50)29-23-25-43-39(27-29)34-14-4-6-19-41(34)49(43)45-21-10-18-38-35-15-5-8-22-46(35)51-48(38)45/h1-28H. The molecule has 3 aromatic heterocycles. The fourth-order valence-corrected chi connectivity index (χ4v) is 10.1. The van der Waals surface area contributed by atoms with Crippen molar-refractivity contribution in [2.45, 2.75) is 0 Å². The van der Waals surface area contributed by atoms with Gasteiger partial charge in [0.25, 0.3) is 0 Å². The molecular weight excluding hydrogens is 637 g/mol. The van der Waals surface area contributed by atoms with Gasteiger partial charge in [-0.15, -0.1) is 11.3 Å². The lowest BCUT2D eigenvalue weighted by atomic mass is 9.93. The number of nitrogens with zero attached hydrogens (tertiary/aromatic N) is 2. The molecule has 12 rings (SSSR count). The number of para-hydroxylation sites is 3. The fraction of sp³-hybridized carbons (Fsp3) is 0. The zero-order valence-corrected chi connectivity index (χ0v) is 28.3. The van der Waals surface area contributed by atoms with E-state index in [1.165, 1.54) is 109 Å². The lowest BCUT2D eigenvalue weighted by Gasteiger charge is -2.12. The molecule has 0 saturated carbocycles. The second kappa shape index (κ2) is 10.1. The number of hydrogen-bond acceptors (Lipinski definition) is 1. The van der Waals surface area contributed by atoms with Gasteiger partial charge in [0.05, 0.1) is 38.1 Å². The molecule has 11 aromatic rings. The van der Waals surface area contributed by atoms with Crippen molar-refractivity contribution in [3.63, 3.8) is 0 Å². The van der Waals surface area contributed by atoms with Crippen LogP contribution in [0.4, 0.5) is 0 Å². The smallest absolute Gasteiger partial charge is 0.0640 e. The van der Waals surface area contributed by atoms with E-state index in [4.69, 9.17) is 0 Å². The van der Waals surface area contributed by atoms with E-state index < -0.39 is 0 Å². The van der Waals surface area contributed by atoms with Gasteiger partial charge >= 0.3 is 0 Å². The van der Waals surface area contributed by atoms with E-state index in [0.29, 0.717) is 0 Å². The van der Waals surface area contributed by atoms with Crippen LogP contribution in [-0.2, 0) is 0 Å². The zero-order valence-electron chi connectivity index (χ0n) is 27.5. The highest BCUT2D eigenvalue weighted by atomic mass is 32.1. The fourth-order valence-electron chi connectivity index (χ4n) is 8.89. The van der Waals surface area contributed by atoms with Crippen LogP contribution in [0.15, 0.2) is 170 Å². The highest BCUT2D eigenvalue weighted by Crippen LogP contribution is 2.47. The van der Waals surface area contributed by atoms with E-state index in [2.05, 4.69) is 179 Å². The molecule has 0 spiro atoms. The first-order chi connectivity index (χ1) is 25.3. The summed E-state index contributed by atoms with van der Waals surface area (Å²) in [7, 11) is 0. The van der Waals surface area contributed by atoms with E-state index in [0.717, 1.165) is 0 Å². The molecule has 0 radical (unpaired) electrons. The van der Waals surface area contributed by atoms with Gasteiger partial charge in [-0.2, -0.15) is 0 Å². The quantitative estimate of drug-likeness (QED) is 0.174. The van der Waals surface area contributed by atoms with Crippen LogP contribution in [0.2, 0.25) is 0 Å². The van der Waals surface area contributed by atoms with Gasteiger partial charge in [-0.1, -0.05) is 121 Å². The Kier molecular flexibility index (Phi) is 5.41. The molecule has 0 aliphatic carbocycles. The van der Waals surface area contributed by atoms with Crippen molar-refractivity contribution >= 4 is 75.1 Å². The molecule has 0 saturated heterocycles. The van der Waals surface area contributed by atoms with E-state index in [-0.39, 0.29) is 0 Å². The van der Waals surface area contributed by atoms with Gasteiger partial charge < -0.3 is 9.13 Å². The number of benzene rings is 8. The number of thiophene rings is 1. The molecule has 4 heterocycles. The van der Waals surface area contributed by atoms with Crippen LogP contribution in [0.5, 0.6) is 0 Å². The summed E-state index contributed by atoms with van der Waals surface area (Å²) in [5.74, 6) is 0. The molecule has 0 fully saturated rings. The Morgan fingerprint density at radius 3 is 1.73 bits per heavy atom. The maximum atomic E-state index is 2.49. The predicted molar refractivity (Wildman–Crippen MR) is 218 cm³/mol. The lowest BCUT2D eigenvalue weighted by Crippen LogP contribution is -1.95. The number of fused-ring (bicyclic) bond motifs is 14. The number of aromatic nitrogens is 2. The molecule has 3 heteroatoms. The summed E-state index contributed by atoms with van der Waals surface area (Å²) in [6.45, 7) is 0. The van der Waals surface area contributed by atoms with Crippen molar-refractivity contribution in [3.8, 4) is 44.8 Å². The van der Waals surface area contributed by atoms with Gasteiger partial charge in [0.1, 0.15) is 0 Å². The average molecular weight is 665 g/mol. The number of hydrogen-bond donors (Lipinski definition) is 0. The first-order valence-corrected chi connectivity index (χ1v) is 18.3. The molecule has 0 bridgehead atoms.